The van der Waals surface area contributed by atoms with Gasteiger partial charge in [-0.1, -0.05) is 37.1 Å². The molecule has 1 amide bonds. The van der Waals surface area contributed by atoms with Crippen molar-refractivity contribution in [3.8, 4) is 0 Å². The maximum absolute atomic E-state index is 11.8. The van der Waals surface area contributed by atoms with Gasteiger partial charge in [0, 0.05) is 17.4 Å². The molecule has 0 fully saturated rings. The van der Waals surface area contributed by atoms with Crippen LogP contribution < -0.4 is 5.32 Å². The Hall–Kier alpha value is -0.730. The Kier molecular flexibility index (Phi) is 7.92. The molecule has 106 valence electrons. The Morgan fingerprint density at radius 3 is 2.53 bits per heavy atom. The topological polar surface area (TPSA) is 29.1 Å². The predicted octanol–water partition coefficient (Wildman–Crippen LogP) is 4.04. The highest BCUT2D eigenvalue weighted by Crippen LogP contribution is 2.12. The lowest BCUT2D eigenvalue weighted by atomic mass is 10.0. The molecule has 1 atom stereocenters. The summed E-state index contributed by atoms with van der Waals surface area (Å²) in [6.45, 7) is 2.86. The largest absolute Gasteiger partial charge is 0.356 e. The lowest BCUT2D eigenvalue weighted by Gasteiger charge is -2.15. The first-order valence-corrected chi connectivity index (χ1v) is 7.64. The molecule has 0 aliphatic rings. The molecule has 4 heteroatoms. The molecule has 19 heavy (non-hydrogen) atoms. The van der Waals surface area contributed by atoms with Crippen molar-refractivity contribution in [3.05, 3.63) is 34.9 Å². The van der Waals surface area contributed by atoms with Crippen LogP contribution in [0.3, 0.4) is 0 Å². The van der Waals surface area contributed by atoms with Crippen molar-refractivity contribution in [3.63, 3.8) is 0 Å². The van der Waals surface area contributed by atoms with Crippen molar-refractivity contribution >= 4 is 29.1 Å². The normalized spacial score (nSPS) is 12.2. The number of carbonyl (C=O) groups is 1. The van der Waals surface area contributed by atoms with Crippen molar-refractivity contribution in [1.29, 1.82) is 0 Å². The Balaban J connectivity index is 2.35. The Morgan fingerprint density at radius 2 is 1.95 bits per heavy atom. The molecule has 2 nitrogen and oxygen atoms in total. The lowest BCUT2D eigenvalue weighted by Crippen LogP contribution is -2.30. The minimum absolute atomic E-state index is 0.0537. The van der Waals surface area contributed by atoms with E-state index in [1.165, 1.54) is 0 Å². The number of amides is 1. The van der Waals surface area contributed by atoms with Crippen LogP contribution in [0, 0.1) is 5.92 Å². The van der Waals surface area contributed by atoms with Gasteiger partial charge >= 0.3 is 0 Å². The lowest BCUT2D eigenvalue weighted by molar-refractivity contribution is -0.120. The average molecular weight is 302 g/mol. The molecule has 0 aliphatic heterocycles. The second kappa shape index (κ2) is 9.22. The van der Waals surface area contributed by atoms with Gasteiger partial charge in [-0.15, -0.1) is 11.6 Å². The summed E-state index contributed by atoms with van der Waals surface area (Å²) in [6, 6.07) is 7.36. The molecule has 1 aromatic rings. The van der Waals surface area contributed by atoms with Crippen LogP contribution in [-0.4, -0.2) is 18.3 Å². The van der Waals surface area contributed by atoms with Gasteiger partial charge in [-0.3, -0.25) is 4.79 Å². The molecule has 0 spiro atoms. The average Bonchev–Trinajstić information content (AvgIpc) is 2.39. The third kappa shape index (κ3) is 6.84. The van der Waals surface area contributed by atoms with E-state index in [2.05, 4.69) is 12.2 Å². The quantitative estimate of drug-likeness (QED) is 0.721. The predicted molar refractivity (Wildman–Crippen MR) is 81.9 cm³/mol. The van der Waals surface area contributed by atoms with E-state index in [9.17, 15) is 4.79 Å². The number of halogens is 2. The van der Waals surface area contributed by atoms with Gasteiger partial charge in [0.15, 0.2) is 0 Å². The third-order valence-corrected chi connectivity index (χ3v) is 3.55. The SMILES string of the molecule is CCCC(CCCl)CNC(=O)Cc1ccc(Cl)cc1. The van der Waals surface area contributed by atoms with Crippen molar-refractivity contribution in [2.24, 2.45) is 5.92 Å². The number of rotatable bonds is 8. The fourth-order valence-corrected chi connectivity index (χ4v) is 2.45. The molecular formula is C15H21Cl2NO. The molecule has 0 heterocycles. The third-order valence-electron chi connectivity index (χ3n) is 3.08. The summed E-state index contributed by atoms with van der Waals surface area (Å²) in [6.07, 6.45) is 3.58. The molecule has 0 radical (unpaired) electrons. The smallest absolute Gasteiger partial charge is 0.224 e. The van der Waals surface area contributed by atoms with Gasteiger partial charge in [-0.05, 0) is 36.5 Å². The zero-order valence-corrected chi connectivity index (χ0v) is 12.8. The maximum atomic E-state index is 11.8. The number of hydrogen-bond donors (Lipinski definition) is 1. The van der Waals surface area contributed by atoms with E-state index in [0.717, 1.165) is 24.8 Å². The molecule has 0 saturated carbocycles. The van der Waals surface area contributed by atoms with Crippen LogP contribution in [0.5, 0.6) is 0 Å². The Bertz CT molecular complexity index is 372. The van der Waals surface area contributed by atoms with E-state index in [-0.39, 0.29) is 5.91 Å². The van der Waals surface area contributed by atoms with E-state index in [4.69, 9.17) is 23.2 Å². The second-order valence-corrected chi connectivity index (χ2v) is 5.55. The molecule has 1 rings (SSSR count). The van der Waals surface area contributed by atoms with E-state index >= 15 is 0 Å². The molecular weight excluding hydrogens is 281 g/mol. The molecule has 0 aliphatic carbocycles. The summed E-state index contributed by atoms with van der Waals surface area (Å²) in [5.41, 5.74) is 0.978. The second-order valence-electron chi connectivity index (χ2n) is 4.74. The van der Waals surface area contributed by atoms with Crippen LogP contribution in [-0.2, 0) is 11.2 Å². The highest BCUT2D eigenvalue weighted by molar-refractivity contribution is 6.30. The van der Waals surface area contributed by atoms with E-state index in [1.807, 2.05) is 12.1 Å². The van der Waals surface area contributed by atoms with Crippen molar-refractivity contribution in [2.75, 3.05) is 12.4 Å². The summed E-state index contributed by atoms with van der Waals surface area (Å²) in [4.78, 5) is 11.8. The van der Waals surface area contributed by atoms with Crippen LogP contribution >= 0.6 is 23.2 Å². The number of hydrogen-bond acceptors (Lipinski definition) is 1. The molecule has 1 N–H and O–H groups in total. The van der Waals surface area contributed by atoms with Crippen molar-refractivity contribution in [2.45, 2.75) is 32.6 Å². The monoisotopic (exact) mass is 301 g/mol. The number of benzene rings is 1. The van der Waals surface area contributed by atoms with Gasteiger partial charge in [0.05, 0.1) is 6.42 Å². The minimum Gasteiger partial charge on any atom is -0.356 e. The van der Waals surface area contributed by atoms with Gasteiger partial charge in [-0.25, -0.2) is 0 Å². The standard InChI is InChI=1S/C15H21Cl2NO/c1-2-3-13(8-9-16)11-18-15(19)10-12-4-6-14(17)7-5-12/h4-7,13H,2-3,8-11H2,1H3,(H,18,19). The number of alkyl halides is 1. The molecule has 0 saturated heterocycles. The first-order chi connectivity index (χ1) is 9.15. The van der Waals surface area contributed by atoms with Gasteiger partial charge < -0.3 is 5.32 Å². The van der Waals surface area contributed by atoms with Gasteiger partial charge in [0.1, 0.15) is 0 Å². The zero-order chi connectivity index (χ0) is 14.1. The Morgan fingerprint density at radius 1 is 1.26 bits per heavy atom. The summed E-state index contributed by atoms with van der Waals surface area (Å²) in [7, 11) is 0. The maximum Gasteiger partial charge on any atom is 0.224 e. The van der Waals surface area contributed by atoms with E-state index in [1.54, 1.807) is 12.1 Å². The first kappa shape index (κ1) is 16.3. The fourth-order valence-electron chi connectivity index (χ4n) is 2.02. The highest BCUT2D eigenvalue weighted by atomic mass is 35.5. The highest BCUT2D eigenvalue weighted by Gasteiger charge is 2.09. The van der Waals surface area contributed by atoms with Crippen LogP contribution in [0.15, 0.2) is 24.3 Å². The zero-order valence-electron chi connectivity index (χ0n) is 11.3. The summed E-state index contributed by atoms with van der Waals surface area (Å²) in [5, 5.41) is 3.67. The van der Waals surface area contributed by atoms with Crippen LogP contribution in [0.1, 0.15) is 31.7 Å². The minimum atomic E-state index is 0.0537. The fraction of sp³-hybridized carbons (Fsp3) is 0.533. The van der Waals surface area contributed by atoms with Crippen LogP contribution in [0.4, 0.5) is 0 Å². The first-order valence-electron chi connectivity index (χ1n) is 6.72. The van der Waals surface area contributed by atoms with Gasteiger partial charge in [0.2, 0.25) is 5.91 Å². The van der Waals surface area contributed by atoms with E-state index in [0.29, 0.717) is 29.8 Å². The molecule has 0 bridgehead atoms. The van der Waals surface area contributed by atoms with Gasteiger partial charge in [-0.2, -0.15) is 0 Å². The molecule has 0 aromatic heterocycles. The van der Waals surface area contributed by atoms with E-state index < -0.39 is 0 Å². The van der Waals surface area contributed by atoms with Crippen molar-refractivity contribution < 1.29 is 4.79 Å². The van der Waals surface area contributed by atoms with Gasteiger partial charge in [0.25, 0.3) is 0 Å². The molecule has 1 aromatic carbocycles. The number of nitrogens with one attached hydrogen (secondary N) is 1. The molecule has 1 unspecified atom stereocenters. The van der Waals surface area contributed by atoms with Crippen LogP contribution in [0.25, 0.3) is 0 Å². The van der Waals surface area contributed by atoms with Crippen molar-refractivity contribution in [1.82, 2.24) is 5.32 Å². The Labute approximate surface area is 125 Å². The summed E-state index contributed by atoms with van der Waals surface area (Å²) < 4.78 is 0. The summed E-state index contributed by atoms with van der Waals surface area (Å²) in [5.74, 6) is 1.19. The summed E-state index contributed by atoms with van der Waals surface area (Å²) >= 11 is 11.6. The van der Waals surface area contributed by atoms with Crippen LogP contribution in [0.2, 0.25) is 5.02 Å². The number of carbonyl (C=O) groups excluding carboxylic acids is 1.